The first-order valence-electron chi connectivity index (χ1n) is 10.3. The van der Waals surface area contributed by atoms with Crippen LogP contribution in [0.2, 0.25) is 5.02 Å². The molecule has 36 heavy (non-hydrogen) atoms. The van der Waals surface area contributed by atoms with Crippen LogP contribution in [0, 0.1) is 11.6 Å². The Labute approximate surface area is 209 Å². The van der Waals surface area contributed by atoms with Gasteiger partial charge >= 0.3 is 0 Å². The summed E-state index contributed by atoms with van der Waals surface area (Å²) in [6.07, 6.45) is 2.15. The molecule has 0 atom stereocenters. The van der Waals surface area contributed by atoms with Gasteiger partial charge in [0.25, 0.3) is 11.5 Å². The highest BCUT2D eigenvalue weighted by Crippen LogP contribution is 2.38. The molecule has 0 radical (unpaired) electrons. The third-order valence-corrected chi connectivity index (χ3v) is 6.83. The molecule has 0 unspecified atom stereocenters. The van der Waals surface area contributed by atoms with Crippen molar-refractivity contribution in [3.63, 3.8) is 0 Å². The summed E-state index contributed by atoms with van der Waals surface area (Å²) in [4.78, 5) is 29.9. The van der Waals surface area contributed by atoms with Crippen LogP contribution in [-0.4, -0.2) is 48.5 Å². The molecule has 0 bridgehead atoms. The zero-order chi connectivity index (χ0) is 26.2. The van der Waals surface area contributed by atoms with Crippen molar-refractivity contribution in [1.82, 2.24) is 9.55 Å². The third kappa shape index (κ3) is 5.03. The van der Waals surface area contributed by atoms with Crippen LogP contribution in [0.3, 0.4) is 0 Å². The number of nitrogens with zero attached hydrogens (tertiary/aromatic N) is 4. The minimum absolute atomic E-state index is 0.0424. The number of ether oxygens (including phenoxy) is 1. The van der Waals surface area contributed by atoms with Crippen molar-refractivity contribution in [2.24, 2.45) is 0 Å². The van der Waals surface area contributed by atoms with Gasteiger partial charge in [0.15, 0.2) is 5.02 Å². The Balaban J connectivity index is 1.58. The Kier molecular flexibility index (Phi) is 6.98. The number of hydrogen-bond acceptors (Lipinski definition) is 7. The van der Waals surface area contributed by atoms with Crippen molar-refractivity contribution in [1.29, 1.82) is 0 Å². The molecule has 0 saturated heterocycles. The molecule has 2 aromatic carbocycles. The monoisotopic (exact) mass is 540 g/mol. The first-order valence-corrected chi connectivity index (χ1v) is 12.6. The van der Waals surface area contributed by atoms with Crippen LogP contribution in [0.5, 0.6) is 5.88 Å². The average molecular weight is 541 g/mol. The highest BCUT2D eigenvalue weighted by Gasteiger charge is 2.34. The molecule has 0 spiro atoms. The number of anilines is 2. The van der Waals surface area contributed by atoms with E-state index in [1.54, 1.807) is 6.07 Å². The summed E-state index contributed by atoms with van der Waals surface area (Å²) in [5.74, 6) is -2.47. The van der Waals surface area contributed by atoms with Gasteiger partial charge in [-0.1, -0.05) is 17.7 Å². The van der Waals surface area contributed by atoms with Gasteiger partial charge in [-0.15, -0.1) is 0 Å². The number of carbonyl (C=O) groups is 1. The lowest BCUT2D eigenvalue weighted by molar-refractivity contribution is -0.121. The molecule has 1 aliphatic rings. The molecule has 1 aromatic heterocycles. The van der Waals surface area contributed by atoms with Gasteiger partial charge in [0, 0.05) is 11.6 Å². The molecule has 1 aliphatic heterocycles. The van der Waals surface area contributed by atoms with Crippen LogP contribution in [0.1, 0.15) is 11.1 Å². The van der Waals surface area contributed by atoms with Gasteiger partial charge < -0.3 is 9.84 Å². The Bertz CT molecular complexity index is 1510. The maximum absolute atomic E-state index is 13.8. The maximum atomic E-state index is 13.8. The van der Waals surface area contributed by atoms with E-state index in [-0.39, 0.29) is 42.0 Å². The van der Waals surface area contributed by atoms with E-state index in [1.165, 1.54) is 18.2 Å². The summed E-state index contributed by atoms with van der Waals surface area (Å²) >= 11 is 6.11. The molecular weight excluding hydrogens is 522 g/mol. The van der Waals surface area contributed by atoms with Crippen molar-refractivity contribution in [2.45, 2.75) is 13.2 Å². The van der Waals surface area contributed by atoms with Gasteiger partial charge in [-0.25, -0.2) is 26.5 Å². The topological polar surface area (TPSA) is 122 Å². The number of aromatic nitrogens is 2. The molecule has 14 heteroatoms. The van der Waals surface area contributed by atoms with Crippen LogP contribution in [0.25, 0.3) is 0 Å². The van der Waals surface area contributed by atoms with E-state index in [0.29, 0.717) is 17.3 Å². The zero-order valence-corrected chi connectivity index (χ0v) is 20.3. The number of aliphatic hydroxyl groups is 1. The van der Waals surface area contributed by atoms with Crippen molar-refractivity contribution in [3.05, 3.63) is 80.9 Å². The number of benzene rings is 2. The normalized spacial score (nSPS) is 13.1. The van der Waals surface area contributed by atoms with Gasteiger partial charge in [0.2, 0.25) is 15.9 Å². The van der Waals surface area contributed by atoms with Gasteiger partial charge in [-0.3, -0.25) is 19.1 Å². The number of hydrogen-bond donors (Lipinski definition) is 1. The quantitative estimate of drug-likeness (QED) is 0.485. The smallest absolute Gasteiger partial charge is 0.276 e. The molecule has 3 aromatic rings. The van der Waals surface area contributed by atoms with E-state index in [1.807, 2.05) is 0 Å². The van der Waals surface area contributed by atoms with E-state index in [0.717, 1.165) is 32.4 Å². The Hall–Kier alpha value is -3.55. The highest BCUT2D eigenvalue weighted by atomic mass is 35.5. The number of fused-ring (bicyclic) bond motifs is 1. The summed E-state index contributed by atoms with van der Waals surface area (Å²) in [6.45, 7) is -1.46. The number of carbonyl (C=O) groups excluding carboxylic acids is 1. The Morgan fingerprint density at radius 3 is 2.61 bits per heavy atom. The van der Waals surface area contributed by atoms with E-state index in [9.17, 15) is 31.9 Å². The Morgan fingerprint density at radius 2 is 1.94 bits per heavy atom. The predicted octanol–water partition coefficient (Wildman–Crippen LogP) is 1.86. The largest absolute Gasteiger partial charge is 0.471 e. The lowest BCUT2D eigenvalue weighted by atomic mass is 10.1. The minimum Gasteiger partial charge on any atom is -0.471 e. The van der Waals surface area contributed by atoms with Crippen LogP contribution >= 0.6 is 11.6 Å². The second kappa shape index (κ2) is 9.84. The van der Waals surface area contributed by atoms with E-state index in [4.69, 9.17) is 16.3 Å². The molecule has 4 rings (SSSR count). The van der Waals surface area contributed by atoms with Crippen LogP contribution < -0.4 is 19.5 Å². The fraction of sp³-hybridized carbons (Fsp3) is 0.227. The van der Waals surface area contributed by atoms with Crippen molar-refractivity contribution < 1.29 is 31.8 Å². The van der Waals surface area contributed by atoms with E-state index < -0.39 is 39.7 Å². The predicted molar refractivity (Wildman–Crippen MR) is 127 cm³/mol. The summed E-state index contributed by atoms with van der Waals surface area (Å²) in [5.41, 5.74) is 0.385. The molecule has 190 valence electrons. The zero-order valence-electron chi connectivity index (χ0n) is 18.7. The molecule has 1 amide bonds. The van der Waals surface area contributed by atoms with Crippen LogP contribution in [-0.2, 0) is 28.0 Å². The van der Waals surface area contributed by atoms with Gasteiger partial charge in [0.1, 0.15) is 37.8 Å². The molecular formula is C22H19ClF2N4O6S. The second-order valence-corrected chi connectivity index (χ2v) is 10.2. The molecule has 10 nitrogen and oxygen atoms in total. The first kappa shape index (κ1) is 25.5. The summed E-state index contributed by atoms with van der Waals surface area (Å²) in [5, 5.41) is 8.84. The lowest BCUT2D eigenvalue weighted by Gasteiger charge is -2.17. The molecule has 1 N–H and O–H groups in total. The Morgan fingerprint density at radius 1 is 1.19 bits per heavy atom. The second-order valence-electron chi connectivity index (χ2n) is 7.88. The fourth-order valence-corrected chi connectivity index (χ4v) is 4.64. The number of amides is 1. The van der Waals surface area contributed by atoms with Crippen molar-refractivity contribution in [2.75, 3.05) is 28.7 Å². The lowest BCUT2D eigenvalue weighted by Crippen LogP contribution is -2.39. The number of rotatable bonds is 7. The number of halogens is 3. The summed E-state index contributed by atoms with van der Waals surface area (Å²) in [7, 11) is -3.74. The fourth-order valence-electron chi connectivity index (χ4n) is 3.60. The summed E-state index contributed by atoms with van der Waals surface area (Å²) < 4.78 is 58.9. The SMILES string of the molecule is CS(=O)(=O)N1CN(C(=O)CO)c2ccc(Cn3cnc(OCc4ccc(F)cc4F)c(Cl)c3=O)cc21. The molecule has 2 heterocycles. The highest BCUT2D eigenvalue weighted by molar-refractivity contribution is 7.92. The van der Waals surface area contributed by atoms with Gasteiger partial charge in [0.05, 0.1) is 24.2 Å². The van der Waals surface area contributed by atoms with E-state index >= 15 is 0 Å². The van der Waals surface area contributed by atoms with Gasteiger partial charge in [-0.05, 0) is 29.8 Å². The van der Waals surface area contributed by atoms with Crippen molar-refractivity contribution in [3.8, 4) is 5.88 Å². The third-order valence-electron chi connectivity index (χ3n) is 5.39. The minimum atomic E-state index is -3.74. The maximum Gasteiger partial charge on any atom is 0.276 e. The average Bonchev–Trinajstić information content (AvgIpc) is 3.21. The summed E-state index contributed by atoms with van der Waals surface area (Å²) in [6, 6.07) is 7.57. The molecule has 0 aliphatic carbocycles. The molecule has 0 saturated carbocycles. The van der Waals surface area contributed by atoms with Crippen LogP contribution in [0.15, 0.2) is 47.5 Å². The van der Waals surface area contributed by atoms with Crippen LogP contribution in [0.4, 0.5) is 20.2 Å². The number of sulfonamides is 1. The number of aliphatic hydroxyl groups excluding tert-OH is 1. The van der Waals surface area contributed by atoms with Gasteiger partial charge in [-0.2, -0.15) is 0 Å². The first-order chi connectivity index (χ1) is 17.0. The standard InChI is InChI=1S/C22H19ClF2N4O6S/c1-36(33,34)29-12-28(19(31)9-30)17-5-2-13(6-18(17)29)8-27-11-26-21(20(23)22(27)32)35-10-14-3-4-15(24)7-16(14)25/h2-7,11,30H,8-10,12H2,1H3. The molecule has 0 fully saturated rings. The van der Waals surface area contributed by atoms with Crippen molar-refractivity contribution >= 4 is 38.9 Å². The van der Waals surface area contributed by atoms with E-state index in [2.05, 4.69) is 4.98 Å².